The summed E-state index contributed by atoms with van der Waals surface area (Å²) in [7, 11) is -1.19. The van der Waals surface area contributed by atoms with E-state index in [-0.39, 0.29) is 29.8 Å². The largest absolute Gasteiger partial charge is 0.326 e. The van der Waals surface area contributed by atoms with Gasteiger partial charge in [-0.1, -0.05) is 13.8 Å². The number of hydrogen-bond donors (Lipinski definition) is 0. The Balaban J connectivity index is 0.000000160. The lowest BCUT2D eigenvalue weighted by molar-refractivity contribution is -0.130. The Kier molecular flexibility index (Phi) is 10.0. The molecule has 0 radical (unpaired) electrons. The van der Waals surface area contributed by atoms with Crippen LogP contribution in [0, 0.1) is 18.8 Å². The number of rotatable bonds is 3. The molecule has 0 amide bonds. The van der Waals surface area contributed by atoms with Gasteiger partial charge in [0.15, 0.2) is 5.78 Å². The highest BCUT2D eigenvalue weighted by Crippen LogP contribution is 2.29. The maximum Gasteiger partial charge on any atom is 0.218 e. The van der Waals surface area contributed by atoms with E-state index in [2.05, 4.69) is 59.1 Å². The average molecular weight is 607 g/mol. The van der Waals surface area contributed by atoms with Gasteiger partial charge in [-0.15, -0.1) is 0 Å². The second-order valence-corrected chi connectivity index (χ2v) is 13.7. The van der Waals surface area contributed by atoms with Crippen molar-refractivity contribution in [3.8, 4) is 0 Å². The highest BCUT2D eigenvalue weighted by Gasteiger charge is 2.27. The van der Waals surface area contributed by atoms with Crippen LogP contribution in [0.4, 0.5) is 0 Å². The van der Waals surface area contributed by atoms with Gasteiger partial charge in [-0.2, -0.15) is 0 Å². The van der Waals surface area contributed by atoms with Gasteiger partial charge in [0.25, 0.3) is 0 Å². The molecule has 4 aromatic rings. The third-order valence-electron chi connectivity index (χ3n) is 7.72. The molecule has 0 spiro atoms. The molecule has 2 aliphatic rings. The van der Waals surface area contributed by atoms with Crippen LogP contribution in [-0.4, -0.2) is 56.9 Å². The Bertz CT molecular complexity index is 1690. The molecule has 43 heavy (non-hydrogen) atoms. The van der Waals surface area contributed by atoms with Gasteiger partial charge in [0, 0.05) is 49.2 Å². The number of hydrogen-bond acceptors (Lipinski definition) is 8. The number of imidazole rings is 2. The highest BCUT2D eigenvalue weighted by atomic mass is 32.2. The summed E-state index contributed by atoms with van der Waals surface area (Å²) in [6.45, 7) is 14.4. The van der Waals surface area contributed by atoms with E-state index in [0.29, 0.717) is 42.3 Å². The molecule has 6 rings (SSSR count). The SMILES string of the molecule is CC1CC(=O)CC(=O)C1.CC1CC(=O)c2c(ncn2C(C)C)C1.Cc1cc2ncn(C(C)C)c2c2nc(S(C)=O)ncc12. The summed E-state index contributed by atoms with van der Waals surface area (Å²) in [6, 6.07) is 2.66. The number of aromatic nitrogens is 6. The van der Waals surface area contributed by atoms with Crippen LogP contribution in [0.5, 0.6) is 0 Å². The number of carbonyl (C=O) groups excluding carboxylic acids is 3. The van der Waals surface area contributed by atoms with Crippen molar-refractivity contribution in [3.05, 3.63) is 41.9 Å². The molecule has 0 saturated heterocycles. The van der Waals surface area contributed by atoms with E-state index in [0.717, 1.165) is 45.3 Å². The second-order valence-electron chi connectivity index (χ2n) is 12.4. The number of Topliss-reactive ketones (excluding diaryl/α,β-unsaturated/α-hetero) is 3. The van der Waals surface area contributed by atoms with Gasteiger partial charge >= 0.3 is 0 Å². The van der Waals surface area contributed by atoms with E-state index in [1.807, 2.05) is 30.8 Å². The lowest BCUT2D eigenvalue weighted by Crippen LogP contribution is -2.21. The molecule has 0 aliphatic heterocycles. The fraction of sp³-hybridized carbons (Fsp3) is 0.531. The van der Waals surface area contributed by atoms with Crippen molar-refractivity contribution in [2.75, 3.05) is 6.26 Å². The normalized spacial score (nSPS) is 18.0. The standard InChI is InChI=1S/C14H16N4OS.C11H16N2O.C7H10O2/c1-8(2)18-7-16-11-5-9(3)10-6-15-14(20(4)19)17-12(10)13(11)18;1-7(2)13-6-12-9-4-8(3)5-10(14)11(9)13;1-5-2-6(8)4-7(9)3-5/h5-8H,1-4H3;6-8H,4-5H2,1-3H3;5H,2-4H2,1H3. The molecular formula is C32H42N6O4S. The number of benzene rings is 1. The van der Waals surface area contributed by atoms with Crippen molar-refractivity contribution in [3.63, 3.8) is 0 Å². The molecule has 11 heteroatoms. The summed E-state index contributed by atoms with van der Waals surface area (Å²) in [5, 5.41) is 1.34. The molecule has 10 nitrogen and oxygen atoms in total. The first kappa shape index (κ1) is 32.3. The summed E-state index contributed by atoms with van der Waals surface area (Å²) in [6.07, 6.45) is 9.98. The van der Waals surface area contributed by atoms with Crippen LogP contribution in [0.15, 0.2) is 30.1 Å². The van der Waals surface area contributed by atoms with Crippen molar-refractivity contribution in [1.82, 2.24) is 29.1 Å². The minimum atomic E-state index is -1.19. The molecule has 1 saturated carbocycles. The Morgan fingerprint density at radius 3 is 2.05 bits per heavy atom. The molecular weight excluding hydrogens is 564 g/mol. The molecule has 3 aromatic heterocycles. The quantitative estimate of drug-likeness (QED) is 0.212. The van der Waals surface area contributed by atoms with E-state index < -0.39 is 10.8 Å². The van der Waals surface area contributed by atoms with Crippen LogP contribution in [0.2, 0.25) is 0 Å². The smallest absolute Gasteiger partial charge is 0.218 e. The van der Waals surface area contributed by atoms with Crippen molar-refractivity contribution in [2.45, 2.75) is 97.8 Å². The zero-order valence-corrected chi connectivity index (χ0v) is 27.2. The van der Waals surface area contributed by atoms with Crippen LogP contribution < -0.4 is 0 Å². The van der Waals surface area contributed by atoms with Crippen LogP contribution in [0.3, 0.4) is 0 Å². The van der Waals surface area contributed by atoms with Crippen LogP contribution >= 0.6 is 0 Å². The summed E-state index contributed by atoms with van der Waals surface area (Å²) < 4.78 is 15.7. The number of nitrogens with zero attached hydrogens (tertiary/aromatic N) is 6. The van der Waals surface area contributed by atoms with Crippen molar-refractivity contribution in [1.29, 1.82) is 0 Å². The zero-order chi connectivity index (χ0) is 31.6. The maximum atomic E-state index is 11.8. The molecule has 0 bridgehead atoms. The van der Waals surface area contributed by atoms with Gasteiger partial charge in [-0.05, 0) is 64.5 Å². The first-order chi connectivity index (χ1) is 20.3. The van der Waals surface area contributed by atoms with Gasteiger partial charge in [0.1, 0.15) is 22.8 Å². The van der Waals surface area contributed by atoms with Gasteiger partial charge in [-0.25, -0.2) is 19.9 Å². The van der Waals surface area contributed by atoms with Crippen molar-refractivity contribution < 1.29 is 18.6 Å². The topological polar surface area (TPSA) is 130 Å². The second kappa shape index (κ2) is 13.4. The summed E-state index contributed by atoms with van der Waals surface area (Å²) in [5.74, 6) is 1.21. The monoisotopic (exact) mass is 606 g/mol. The Hall–Kier alpha value is -3.60. The van der Waals surface area contributed by atoms with Gasteiger partial charge in [0.05, 0.1) is 46.6 Å². The molecule has 1 fully saturated rings. The maximum absolute atomic E-state index is 11.8. The summed E-state index contributed by atoms with van der Waals surface area (Å²) in [5.41, 5.74) is 5.63. The third kappa shape index (κ3) is 7.31. The van der Waals surface area contributed by atoms with Crippen LogP contribution in [0.1, 0.15) is 101 Å². The highest BCUT2D eigenvalue weighted by molar-refractivity contribution is 7.84. The third-order valence-corrected chi connectivity index (χ3v) is 8.43. The van der Waals surface area contributed by atoms with Crippen LogP contribution in [-0.2, 0) is 26.8 Å². The summed E-state index contributed by atoms with van der Waals surface area (Å²) in [4.78, 5) is 50.6. The van der Waals surface area contributed by atoms with E-state index in [1.54, 1.807) is 18.8 Å². The summed E-state index contributed by atoms with van der Waals surface area (Å²) >= 11 is 0. The van der Waals surface area contributed by atoms with E-state index in [1.165, 1.54) is 0 Å². The fourth-order valence-electron chi connectivity index (χ4n) is 5.65. The molecule has 2 atom stereocenters. The fourth-order valence-corrected chi connectivity index (χ4v) is 6.07. The molecule has 230 valence electrons. The first-order valence-corrected chi connectivity index (χ1v) is 16.4. The van der Waals surface area contributed by atoms with Crippen molar-refractivity contribution in [2.24, 2.45) is 11.8 Å². The molecule has 3 heterocycles. The minimum Gasteiger partial charge on any atom is -0.326 e. The van der Waals surface area contributed by atoms with Crippen molar-refractivity contribution >= 4 is 50.1 Å². The Labute approximate surface area is 255 Å². The molecule has 2 unspecified atom stereocenters. The molecule has 1 aromatic carbocycles. The Morgan fingerprint density at radius 2 is 1.47 bits per heavy atom. The lowest BCUT2D eigenvalue weighted by atomic mass is 9.89. The predicted octanol–water partition coefficient (Wildman–Crippen LogP) is 5.78. The molecule has 2 aliphatic carbocycles. The minimum absolute atomic E-state index is 0.110. The lowest BCUT2D eigenvalue weighted by Gasteiger charge is -2.19. The number of carbonyl (C=O) groups is 3. The van der Waals surface area contributed by atoms with E-state index >= 15 is 0 Å². The number of fused-ring (bicyclic) bond motifs is 4. The number of aryl methyl sites for hydroxylation is 1. The van der Waals surface area contributed by atoms with Gasteiger partial charge in [-0.3, -0.25) is 18.6 Å². The first-order valence-electron chi connectivity index (χ1n) is 14.8. The zero-order valence-electron chi connectivity index (χ0n) is 26.4. The Morgan fingerprint density at radius 1 is 0.860 bits per heavy atom. The van der Waals surface area contributed by atoms with Gasteiger partial charge in [0.2, 0.25) is 5.16 Å². The van der Waals surface area contributed by atoms with Crippen LogP contribution in [0.25, 0.3) is 21.9 Å². The van der Waals surface area contributed by atoms with Gasteiger partial charge < -0.3 is 9.13 Å². The predicted molar refractivity (Wildman–Crippen MR) is 168 cm³/mol. The van der Waals surface area contributed by atoms with E-state index in [4.69, 9.17) is 0 Å². The van der Waals surface area contributed by atoms with E-state index in [9.17, 15) is 18.6 Å². The number of ketones is 3. The molecule has 0 N–H and O–H groups in total. The average Bonchev–Trinajstić information content (AvgIpc) is 3.53.